The maximum atomic E-state index is 8.89. The second kappa shape index (κ2) is 8.69. The number of nitrogens with one attached hydrogen (secondary N) is 1. The molecule has 1 aliphatic rings. The zero-order valence-corrected chi connectivity index (χ0v) is 16.1. The first-order valence-corrected chi connectivity index (χ1v) is 10.3. The number of para-hydroxylation sites is 1. The highest BCUT2D eigenvalue weighted by atomic mass is 32.1. The summed E-state index contributed by atoms with van der Waals surface area (Å²) >= 11 is 1.78. The van der Waals surface area contributed by atoms with Gasteiger partial charge in [0, 0.05) is 25.7 Å². The van der Waals surface area contributed by atoms with Crippen LogP contribution in [0.2, 0.25) is 0 Å². The van der Waals surface area contributed by atoms with Gasteiger partial charge >= 0.3 is 0 Å². The Labute approximate surface area is 163 Å². The van der Waals surface area contributed by atoms with Crippen LogP contribution in [0.25, 0.3) is 10.2 Å². The van der Waals surface area contributed by atoms with Crippen molar-refractivity contribution in [1.29, 1.82) is 0 Å². The van der Waals surface area contributed by atoms with E-state index >= 15 is 0 Å². The highest BCUT2D eigenvalue weighted by molar-refractivity contribution is 7.22. The Balaban J connectivity index is 1.36. The van der Waals surface area contributed by atoms with E-state index in [9.17, 15) is 0 Å². The smallest absolute Gasteiger partial charge is 0.186 e. The lowest BCUT2D eigenvalue weighted by Crippen LogP contribution is -2.45. The lowest BCUT2D eigenvalue weighted by atomic mass is 10.1. The van der Waals surface area contributed by atoms with Crippen molar-refractivity contribution in [2.75, 3.05) is 31.2 Å². The number of ether oxygens (including phenoxy) is 1. The van der Waals surface area contributed by atoms with E-state index in [2.05, 4.69) is 34.5 Å². The molecular formula is C21H25N3O2S. The summed E-state index contributed by atoms with van der Waals surface area (Å²) in [6, 6.07) is 16.9. The molecule has 0 saturated carbocycles. The number of benzene rings is 2. The number of piperidine rings is 1. The number of nitrogens with zero attached hydrogens (tertiary/aromatic N) is 2. The number of aliphatic hydroxyl groups is 1. The Morgan fingerprint density at radius 2 is 2.15 bits per heavy atom. The maximum absolute atomic E-state index is 8.89. The van der Waals surface area contributed by atoms with Crippen LogP contribution in [-0.4, -0.2) is 42.4 Å². The van der Waals surface area contributed by atoms with Crippen molar-refractivity contribution in [1.82, 2.24) is 10.3 Å². The SMILES string of the molecule is OCCOc1cccc(CNC2CCCN(c3nc4ccccc4s3)C2)c1. The molecule has 5 nitrogen and oxygen atoms in total. The number of hydrogen-bond donors (Lipinski definition) is 2. The van der Waals surface area contributed by atoms with Gasteiger partial charge in [0.15, 0.2) is 5.13 Å². The summed E-state index contributed by atoms with van der Waals surface area (Å²) in [7, 11) is 0. The molecule has 2 N–H and O–H groups in total. The van der Waals surface area contributed by atoms with E-state index in [-0.39, 0.29) is 6.61 Å². The average Bonchev–Trinajstić information content (AvgIpc) is 3.16. The topological polar surface area (TPSA) is 57.6 Å². The summed E-state index contributed by atoms with van der Waals surface area (Å²) in [5.41, 5.74) is 2.29. The minimum atomic E-state index is 0.0339. The van der Waals surface area contributed by atoms with Gasteiger partial charge < -0.3 is 20.1 Å². The van der Waals surface area contributed by atoms with E-state index in [1.54, 1.807) is 11.3 Å². The summed E-state index contributed by atoms with van der Waals surface area (Å²) < 4.78 is 6.75. The average molecular weight is 384 g/mol. The molecule has 1 aromatic heterocycles. The molecule has 0 spiro atoms. The van der Waals surface area contributed by atoms with Gasteiger partial charge in [-0.15, -0.1) is 0 Å². The Morgan fingerprint density at radius 3 is 3.04 bits per heavy atom. The van der Waals surface area contributed by atoms with E-state index in [0.29, 0.717) is 12.6 Å². The Kier molecular flexibility index (Phi) is 5.87. The summed E-state index contributed by atoms with van der Waals surface area (Å²) in [6.45, 7) is 3.24. The molecule has 0 bridgehead atoms. The molecule has 142 valence electrons. The van der Waals surface area contributed by atoms with E-state index in [1.807, 2.05) is 24.3 Å². The van der Waals surface area contributed by atoms with Crippen LogP contribution < -0.4 is 15.0 Å². The summed E-state index contributed by atoms with van der Waals surface area (Å²) in [5, 5.41) is 13.7. The van der Waals surface area contributed by atoms with Gasteiger partial charge in [-0.1, -0.05) is 35.6 Å². The largest absolute Gasteiger partial charge is 0.491 e. The first-order valence-electron chi connectivity index (χ1n) is 9.48. The Hall–Kier alpha value is -2.15. The van der Waals surface area contributed by atoms with Crippen molar-refractivity contribution >= 4 is 26.7 Å². The van der Waals surface area contributed by atoms with Crippen molar-refractivity contribution < 1.29 is 9.84 Å². The summed E-state index contributed by atoms with van der Waals surface area (Å²) in [6.07, 6.45) is 2.36. The van der Waals surface area contributed by atoms with Crippen LogP contribution in [0.15, 0.2) is 48.5 Å². The number of fused-ring (bicyclic) bond motifs is 1. The molecule has 27 heavy (non-hydrogen) atoms. The van der Waals surface area contributed by atoms with Crippen molar-refractivity contribution in [2.24, 2.45) is 0 Å². The highest BCUT2D eigenvalue weighted by Crippen LogP contribution is 2.30. The lowest BCUT2D eigenvalue weighted by Gasteiger charge is -2.33. The first kappa shape index (κ1) is 18.2. The number of rotatable bonds is 7. The van der Waals surface area contributed by atoms with E-state index in [1.165, 1.54) is 23.1 Å². The van der Waals surface area contributed by atoms with Crippen molar-refractivity contribution in [3.63, 3.8) is 0 Å². The number of aromatic nitrogens is 1. The number of hydrogen-bond acceptors (Lipinski definition) is 6. The lowest BCUT2D eigenvalue weighted by molar-refractivity contribution is 0.201. The van der Waals surface area contributed by atoms with Crippen molar-refractivity contribution in [2.45, 2.75) is 25.4 Å². The molecule has 1 atom stereocenters. The first-order chi connectivity index (χ1) is 13.3. The highest BCUT2D eigenvalue weighted by Gasteiger charge is 2.22. The van der Waals surface area contributed by atoms with Gasteiger partial charge in [-0.3, -0.25) is 0 Å². The second-order valence-electron chi connectivity index (χ2n) is 6.85. The van der Waals surface area contributed by atoms with Gasteiger partial charge in [-0.05, 0) is 42.7 Å². The van der Waals surface area contributed by atoms with Gasteiger partial charge in [0.1, 0.15) is 12.4 Å². The maximum Gasteiger partial charge on any atom is 0.186 e. The molecule has 4 rings (SSSR count). The number of anilines is 1. The predicted octanol–water partition coefficient (Wildman–Crippen LogP) is 3.43. The van der Waals surface area contributed by atoms with Gasteiger partial charge in [-0.2, -0.15) is 0 Å². The summed E-state index contributed by atoms with van der Waals surface area (Å²) in [5.74, 6) is 0.808. The molecule has 2 heterocycles. The third-order valence-electron chi connectivity index (χ3n) is 4.83. The minimum Gasteiger partial charge on any atom is -0.491 e. The van der Waals surface area contributed by atoms with Gasteiger partial charge in [-0.25, -0.2) is 4.98 Å². The standard InChI is InChI=1S/C21H25N3O2S/c25-11-12-26-18-7-3-5-16(13-18)14-22-17-6-4-10-24(15-17)21-23-19-8-1-2-9-20(19)27-21/h1-3,5,7-9,13,17,22,25H,4,6,10-12,14-15H2. The fourth-order valence-corrected chi connectivity index (χ4v) is 4.48. The molecule has 1 fully saturated rings. The van der Waals surface area contributed by atoms with Crippen molar-refractivity contribution in [3.8, 4) is 5.75 Å². The molecule has 0 radical (unpaired) electrons. The number of aliphatic hydroxyl groups excluding tert-OH is 1. The molecular weight excluding hydrogens is 358 g/mol. The molecule has 2 aromatic carbocycles. The molecule has 1 aliphatic heterocycles. The molecule has 0 aliphatic carbocycles. The predicted molar refractivity (Wildman–Crippen MR) is 111 cm³/mol. The van der Waals surface area contributed by atoms with Crippen LogP contribution in [0.5, 0.6) is 5.75 Å². The molecule has 6 heteroatoms. The molecule has 3 aromatic rings. The van der Waals surface area contributed by atoms with E-state index in [0.717, 1.165) is 36.0 Å². The van der Waals surface area contributed by atoms with Crippen LogP contribution in [0.4, 0.5) is 5.13 Å². The zero-order chi connectivity index (χ0) is 18.5. The molecule has 1 saturated heterocycles. The monoisotopic (exact) mass is 383 g/mol. The zero-order valence-electron chi connectivity index (χ0n) is 15.3. The quantitative estimate of drug-likeness (QED) is 0.655. The van der Waals surface area contributed by atoms with Gasteiger partial charge in [0.2, 0.25) is 0 Å². The van der Waals surface area contributed by atoms with Crippen LogP contribution in [-0.2, 0) is 6.54 Å². The van der Waals surface area contributed by atoms with E-state index in [4.69, 9.17) is 14.8 Å². The van der Waals surface area contributed by atoms with Gasteiger partial charge in [0.25, 0.3) is 0 Å². The van der Waals surface area contributed by atoms with E-state index < -0.39 is 0 Å². The van der Waals surface area contributed by atoms with Crippen LogP contribution >= 0.6 is 11.3 Å². The third-order valence-corrected chi connectivity index (χ3v) is 5.93. The van der Waals surface area contributed by atoms with Crippen LogP contribution in [0.3, 0.4) is 0 Å². The van der Waals surface area contributed by atoms with Crippen molar-refractivity contribution in [3.05, 3.63) is 54.1 Å². The van der Waals surface area contributed by atoms with Crippen LogP contribution in [0, 0.1) is 0 Å². The Bertz CT molecular complexity index is 849. The Morgan fingerprint density at radius 1 is 1.22 bits per heavy atom. The third kappa shape index (κ3) is 4.58. The van der Waals surface area contributed by atoms with Crippen LogP contribution in [0.1, 0.15) is 18.4 Å². The number of thiazole rings is 1. The minimum absolute atomic E-state index is 0.0339. The molecule has 1 unspecified atom stereocenters. The van der Waals surface area contributed by atoms with Gasteiger partial charge in [0.05, 0.1) is 16.8 Å². The fraction of sp³-hybridized carbons (Fsp3) is 0.381. The summed E-state index contributed by atoms with van der Waals surface area (Å²) in [4.78, 5) is 7.22. The fourth-order valence-electron chi connectivity index (χ4n) is 3.48. The molecule has 0 amide bonds. The normalized spacial score (nSPS) is 17.4. The second-order valence-corrected chi connectivity index (χ2v) is 7.86.